The van der Waals surface area contributed by atoms with Gasteiger partial charge in [-0.15, -0.1) is 0 Å². The Balaban J connectivity index is 3.46. The van der Waals surface area contributed by atoms with Crippen LogP contribution in [0.25, 0.3) is 0 Å². The van der Waals surface area contributed by atoms with Gasteiger partial charge in [-0.05, 0) is 0 Å². The van der Waals surface area contributed by atoms with Crippen LogP contribution in [0.3, 0.4) is 0 Å². The molecular weight excluding hydrogens is 96.9 g/mol. The van der Waals surface area contributed by atoms with E-state index < -0.39 is 0 Å². The summed E-state index contributed by atoms with van der Waals surface area (Å²) in [6, 6.07) is 0. The van der Waals surface area contributed by atoms with Crippen molar-refractivity contribution < 1.29 is 0 Å². The van der Waals surface area contributed by atoms with Gasteiger partial charge >= 0.3 is 51.8 Å². The Hall–Kier alpha value is -0.265. The van der Waals surface area contributed by atoms with E-state index in [9.17, 15) is 0 Å². The Bertz CT molecular complexity index is 80.6. The van der Waals surface area contributed by atoms with E-state index in [0.717, 1.165) is 13.0 Å². The number of hydrogen-bond acceptors (Lipinski definition) is 1. The van der Waals surface area contributed by atoms with Crippen molar-refractivity contribution in [3.63, 3.8) is 0 Å². The first-order valence-corrected chi connectivity index (χ1v) is 3.11. The van der Waals surface area contributed by atoms with Gasteiger partial charge in [-0.2, -0.15) is 0 Å². The van der Waals surface area contributed by atoms with Gasteiger partial charge in [-0.1, -0.05) is 0 Å². The predicted molar refractivity (Wildman–Crippen MR) is 40.8 cm³/mol. The van der Waals surface area contributed by atoms with Crippen LogP contribution in [0.1, 0.15) is 20.3 Å². The first-order valence-electron chi connectivity index (χ1n) is 3.11. The molecule has 0 bridgehead atoms. The normalized spacial score (nSPS) is 8.75. The second kappa shape index (κ2) is 3.70. The van der Waals surface area contributed by atoms with Crippen LogP contribution >= 0.6 is 0 Å². The third kappa shape index (κ3) is 2.15. The third-order valence-electron chi connectivity index (χ3n) is 1.42. The number of nitrogens with zero attached hydrogens (tertiary/aromatic N) is 1. The molecule has 8 heavy (non-hydrogen) atoms. The van der Waals surface area contributed by atoms with Crippen LogP contribution in [0.4, 0.5) is 0 Å². The number of hydrogen-bond donors (Lipinski definition) is 0. The van der Waals surface area contributed by atoms with E-state index >= 15 is 0 Å². The minimum atomic E-state index is 1.06. The third-order valence-corrected chi connectivity index (χ3v) is 1.42. The zero-order valence-corrected chi connectivity index (χ0v) is 6.07. The van der Waals surface area contributed by atoms with Crippen molar-refractivity contribution in [1.82, 2.24) is 4.90 Å². The molecule has 0 spiro atoms. The number of rotatable bonds is 3. The van der Waals surface area contributed by atoms with Crippen molar-refractivity contribution in [3.8, 4) is 0 Å². The van der Waals surface area contributed by atoms with Crippen LogP contribution in [-0.4, -0.2) is 31.6 Å². The summed E-state index contributed by atoms with van der Waals surface area (Å²) in [6.07, 6.45) is 1.06. The van der Waals surface area contributed by atoms with E-state index in [1.807, 2.05) is 0 Å². The van der Waals surface area contributed by atoms with Crippen molar-refractivity contribution in [2.24, 2.45) is 0 Å². The van der Waals surface area contributed by atoms with Crippen LogP contribution in [0.2, 0.25) is 0 Å². The average molecular weight is 111 g/mol. The van der Waals surface area contributed by atoms with E-state index in [1.54, 1.807) is 0 Å². The monoisotopic (exact) mass is 111 g/mol. The molecule has 0 N–H and O–H groups in total. The Kier molecular flexibility index (Phi) is 3.58. The molecule has 0 atom stereocenters. The Morgan fingerprint density at radius 3 is 2.12 bits per heavy atom. The van der Waals surface area contributed by atoms with Gasteiger partial charge in [0, 0.05) is 0 Å². The molecule has 0 heterocycles. The van der Waals surface area contributed by atoms with Gasteiger partial charge in [0.15, 0.2) is 0 Å². The van der Waals surface area contributed by atoms with E-state index in [4.69, 9.17) is 0 Å². The summed E-state index contributed by atoms with van der Waals surface area (Å²) in [5.74, 6) is 0. The van der Waals surface area contributed by atoms with E-state index in [2.05, 4.69) is 33.3 Å². The summed E-state index contributed by atoms with van der Waals surface area (Å²) in [5.41, 5.74) is 1.22. The predicted octanol–water partition coefficient (Wildman–Crippen LogP) is 0.379. The second-order valence-electron chi connectivity index (χ2n) is 1.93. The molecule has 0 radical (unpaired) electrons. The summed E-state index contributed by atoms with van der Waals surface area (Å²) in [5, 5.41) is 0. The van der Waals surface area contributed by atoms with Gasteiger partial charge in [0.25, 0.3) is 0 Å². The maximum atomic E-state index is 3.87. The molecule has 0 rings (SSSR count). The van der Waals surface area contributed by atoms with Gasteiger partial charge in [0.05, 0.1) is 0 Å². The summed E-state index contributed by atoms with van der Waals surface area (Å²) in [6.45, 7) is 5.31. The molecule has 0 aliphatic carbocycles. The first kappa shape index (κ1) is 7.73. The van der Waals surface area contributed by atoms with Crippen molar-refractivity contribution >= 4 is 13.1 Å². The molecule has 0 amide bonds. The van der Waals surface area contributed by atoms with Gasteiger partial charge in [-0.3, -0.25) is 0 Å². The van der Waals surface area contributed by atoms with E-state index in [-0.39, 0.29) is 0 Å². The van der Waals surface area contributed by atoms with Crippen molar-refractivity contribution in [2.75, 3.05) is 13.6 Å². The average Bonchev–Trinajstić information content (AvgIpc) is 1.84. The van der Waals surface area contributed by atoms with Crippen LogP contribution < -0.4 is 0 Å². The van der Waals surface area contributed by atoms with Crippen molar-refractivity contribution in [2.45, 2.75) is 20.3 Å². The van der Waals surface area contributed by atoms with Crippen molar-refractivity contribution in [3.05, 3.63) is 0 Å². The second-order valence-corrected chi connectivity index (χ2v) is 1.93. The summed E-state index contributed by atoms with van der Waals surface area (Å²) < 4.78 is 0. The molecule has 0 aromatic rings. The maximum absolute atomic E-state index is 3.87. The van der Waals surface area contributed by atoms with Gasteiger partial charge in [-0.25, -0.2) is 0 Å². The standard InChI is InChI=1S/C6H14BN/c1-4-6(7)8(3)5-2/h7H,4-5H2,1-3H3. The van der Waals surface area contributed by atoms with Crippen LogP contribution in [0.5, 0.6) is 0 Å². The van der Waals surface area contributed by atoms with Crippen molar-refractivity contribution in [1.29, 1.82) is 0 Å². The topological polar surface area (TPSA) is 3.24 Å². The molecule has 0 saturated carbocycles. The van der Waals surface area contributed by atoms with E-state index in [0.29, 0.717) is 0 Å². The SMILES string of the molecule is B=C(CC)N(C)CC. The Labute approximate surface area is 52.8 Å². The zero-order chi connectivity index (χ0) is 6.57. The van der Waals surface area contributed by atoms with Gasteiger partial charge in [0.2, 0.25) is 0 Å². The summed E-state index contributed by atoms with van der Waals surface area (Å²) >= 11 is 0. The van der Waals surface area contributed by atoms with Crippen LogP contribution in [-0.2, 0) is 0 Å². The minimum absolute atomic E-state index is 1.06. The molecule has 0 aromatic carbocycles. The first-order chi connectivity index (χ1) is 3.72. The zero-order valence-electron chi connectivity index (χ0n) is 6.07. The van der Waals surface area contributed by atoms with Gasteiger partial charge in [0.1, 0.15) is 0 Å². The molecule has 0 aliphatic rings. The fraction of sp³-hybridized carbons (Fsp3) is 0.833. The Morgan fingerprint density at radius 1 is 1.50 bits per heavy atom. The molecular formula is C6H14BN. The molecule has 0 saturated heterocycles. The molecule has 0 unspecified atom stereocenters. The summed E-state index contributed by atoms with van der Waals surface area (Å²) in [7, 11) is 5.93. The van der Waals surface area contributed by atoms with Gasteiger partial charge < -0.3 is 0 Å². The van der Waals surface area contributed by atoms with E-state index in [1.165, 1.54) is 5.59 Å². The molecule has 0 fully saturated rings. The molecule has 0 aliphatic heterocycles. The van der Waals surface area contributed by atoms with Crippen LogP contribution in [0.15, 0.2) is 0 Å². The Morgan fingerprint density at radius 2 is 2.00 bits per heavy atom. The fourth-order valence-electron chi connectivity index (χ4n) is 0.494. The molecule has 1 nitrogen and oxygen atoms in total. The summed E-state index contributed by atoms with van der Waals surface area (Å²) in [4.78, 5) is 2.15. The quantitative estimate of drug-likeness (QED) is 0.476. The molecule has 2 heteroatoms. The fourth-order valence-corrected chi connectivity index (χ4v) is 0.494. The molecule has 46 valence electrons. The van der Waals surface area contributed by atoms with Crippen LogP contribution in [0, 0.1) is 0 Å². The molecule has 0 aromatic heterocycles.